The van der Waals surface area contributed by atoms with Crippen LogP contribution in [0.15, 0.2) is 35.3 Å². The van der Waals surface area contributed by atoms with E-state index in [-0.39, 0.29) is 24.0 Å². The van der Waals surface area contributed by atoms with Crippen LogP contribution in [0, 0.1) is 0 Å². The summed E-state index contributed by atoms with van der Waals surface area (Å²) in [5.41, 5.74) is 0. The Morgan fingerprint density at radius 2 is 2.07 bits per heavy atom. The van der Waals surface area contributed by atoms with Gasteiger partial charge < -0.3 is 19.7 Å². The van der Waals surface area contributed by atoms with E-state index in [9.17, 15) is 0 Å². The maximum Gasteiger partial charge on any atom is 0.193 e. The Morgan fingerprint density at radius 3 is 2.78 bits per heavy atom. The van der Waals surface area contributed by atoms with Crippen LogP contribution in [-0.2, 0) is 4.74 Å². The largest absolute Gasteiger partial charge is 0.492 e. The molecule has 1 aromatic rings. The SMILES string of the molecule is CCNC(=NCC1CCCN1CCOC)N(C)CCOc1ccccc1.I. The third kappa shape index (κ3) is 8.66. The first-order valence-electron chi connectivity index (χ1n) is 9.65. The van der Waals surface area contributed by atoms with E-state index in [0.29, 0.717) is 12.6 Å². The van der Waals surface area contributed by atoms with Crippen molar-refractivity contribution in [1.29, 1.82) is 0 Å². The van der Waals surface area contributed by atoms with Gasteiger partial charge in [-0.05, 0) is 38.4 Å². The molecule has 1 atom stereocenters. The second-order valence-corrected chi connectivity index (χ2v) is 6.60. The summed E-state index contributed by atoms with van der Waals surface area (Å²) >= 11 is 0. The highest BCUT2D eigenvalue weighted by molar-refractivity contribution is 14.0. The van der Waals surface area contributed by atoms with Crippen molar-refractivity contribution < 1.29 is 9.47 Å². The normalized spacial score (nSPS) is 17.4. The number of hydrogen-bond acceptors (Lipinski definition) is 4. The summed E-state index contributed by atoms with van der Waals surface area (Å²) in [5, 5.41) is 3.39. The zero-order chi connectivity index (χ0) is 18.6. The standard InChI is InChI=1S/C20H34N4O2.HI/c1-4-21-20(22-17-18-9-8-12-24(18)14-15-25-3)23(2)13-16-26-19-10-6-5-7-11-19;/h5-7,10-11,18H,4,8-9,12-17H2,1-3H3,(H,21,22);1H. The summed E-state index contributed by atoms with van der Waals surface area (Å²) in [6.45, 7) is 8.15. The van der Waals surface area contributed by atoms with Crippen molar-refractivity contribution in [2.75, 3.05) is 60.1 Å². The van der Waals surface area contributed by atoms with E-state index >= 15 is 0 Å². The fourth-order valence-electron chi connectivity index (χ4n) is 3.19. The molecule has 1 saturated heterocycles. The van der Waals surface area contributed by atoms with E-state index in [0.717, 1.165) is 51.0 Å². The molecule has 27 heavy (non-hydrogen) atoms. The molecule has 1 aromatic carbocycles. The summed E-state index contributed by atoms with van der Waals surface area (Å²) in [5.74, 6) is 1.85. The van der Waals surface area contributed by atoms with Crippen molar-refractivity contribution in [2.24, 2.45) is 4.99 Å². The van der Waals surface area contributed by atoms with Gasteiger partial charge in [0.1, 0.15) is 12.4 Å². The highest BCUT2D eigenvalue weighted by Crippen LogP contribution is 2.17. The number of hydrogen-bond donors (Lipinski definition) is 1. The van der Waals surface area contributed by atoms with Crippen molar-refractivity contribution in [1.82, 2.24) is 15.1 Å². The predicted octanol–water partition coefficient (Wildman–Crippen LogP) is 2.69. The minimum absolute atomic E-state index is 0. The molecular weight excluding hydrogens is 455 g/mol. The first-order valence-corrected chi connectivity index (χ1v) is 9.65. The van der Waals surface area contributed by atoms with Gasteiger partial charge in [-0.1, -0.05) is 18.2 Å². The number of likely N-dealkylation sites (N-methyl/N-ethyl adjacent to an activating group) is 1. The number of aliphatic imine (C=N–C) groups is 1. The van der Waals surface area contributed by atoms with Crippen LogP contribution >= 0.6 is 24.0 Å². The Morgan fingerprint density at radius 1 is 1.30 bits per heavy atom. The lowest BCUT2D eigenvalue weighted by molar-refractivity contribution is 0.142. The van der Waals surface area contributed by atoms with Gasteiger partial charge >= 0.3 is 0 Å². The van der Waals surface area contributed by atoms with Gasteiger partial charge in [-0.2, -0.15) is 0 Å². The third-order valence-electron chi connectivity index (χ3n) is 4.67. The number of rotatable bonds is 10. The van der Waals surface area contributed by atoms with Crippen molar-refractivity contribution in [3.8, 4) is 5.75 Å². The first kappa shape index (κ1) is 24.0. The molecule has 2 rings (SSSR count). The molecule has 6 nitrogen and oxygen atoms in total. The van der Waals surface area contributed by atoms with Crippen LogP contribution < -0.4 is 10.1 Å². The average Bonchev–Trinajstić information content (AvgIpc) is 3.11. The molecule has 0 radical (unpaired) electrons. The molecule has 1 fully saturated rings. The third-order valence-corrected chi connectivity index (χ3v) is 4.67. The summed E-state index contributed by atoms with van der Waals surface area (Å²) < 4.78 is 11.0. The highest BCUT2D eigenvalue weighted by atomic mass is 127. The fraction of sp³-hybridized carbons (Fsp3) is 0.650. The molecule has 0 bridgehead atoms. The summed E-state index contributed by atoms with van der Waals surface area (Å²) in [7, 11) is 3.83. The van der Waals surface area contributed by atoms with Gasteiger partial charge in [0.2, 0.25) is 0 Å². The summed E-state index contributed by atoms with van der Waals surface area (Å²) in [6.07, 6.45) is 2.47. The van der Waals surface area contributed by atoms with E-state index < -0.39 is 0 Å². The predicted molar refractivity (Wildman–Crippen MR) is 122 cm³/mol. The van der Waals surface area contributed by atoms with Crippen LogP contribution in [0.1, 0.15) is 19.8 Å². The lowest BCUT2D eigenvalue weighted by Crippen LogP contribution is -2.42. The summed E-state index contributed by atoms with van der Waals surface area (Å²) in [4.78, 5) is 9.51. The van der Waals surface area contributed by atoms with Crippen LogP contribution in [-0.4, -0.2) is 81.9 Å². The van der Waals surface area contributed by atoms with E-state index in [4.69, 9.17) is 14.5 Å². The van der Waals surface area contributed by atoms with Crippen LogP contribution in [0.2, 0.25) is 0 Å². The molecule has 1 N–H and O–H groups in total. The number of nitrogens with zero attached hydrogens (tertiary/aromatic N) is 3. The van der Waals surface area contributed by atoms with Gasteiger partial charge in [0.05, 0.1) is 19.7 Å². The first-order chi connectivity index (χ1) is 12.7. The molecule has 1 aliphatic rings. The molecule has 1 heterocycles. The molecule has 0 aliphatic carbocycles. The fourth-order valence-corrected chi connectivity index (χ4v) is 3.19. The van der Waals surface area contributed by atoms with E-state index in [2.05, 4.69) is 29.1 Å². The minimum atomic E-state index is 0. The molecule has 0 aromatic heterocycles. The molecule has 7 heteroatoms. The topological polar surface area (TPSA) is 49.3 Å². The lowest BCUT2D eigenvalue weighted by Gasteiger charge is -2.25. The number of likely N-dealkylation sites (tertiary alicyclic amines) is 1. The van der Waals surface area contributed by atoms with E-state index in [1.54, 1.807) is 7.11 Å². The number of para-hydroxylation sites is 1. The molecular formula is C20H35IN4O2. The maximum atomic E-state index is 5.80. The Kier molecular flexibility index (Phi) is 12.4. The van der Waals surface area contributed by atoms with Crippen molar-refractivity contribution in [3.63, 3.8) is 0 Å². The average molecular weight is 490 g/mol. The molecule has 1 unspecified atom stereocenters. The number of guanidine groups is 1. The van der Waals surface area contributed by atoms with Crippen LogP contribution in [0.5, 0.6) is 5.75 Å². The van der Waals surface area contributed by atoms with Crippen molar-refractivity contribution >= 4 is 29.9 Å². The van der Waals surface area contributed by atoms with E-state index in [1.807, 2.05) is 30.3 Å². The van der Waals surface area contributed by atoms with Gasteiger partial charge in [-0.15, -0.1) is 24.0 Å². The minimum Gasteiger partial charge on any atom is -0.492 e. The Labute approximate surface area is 181 Å². The Balaban J connectivity index is 0.00000364. The molecule has 0 saturated carbocycles. The Bertz CT molecular complexity index is 530. The van der Waals surface area contributed by atoms with Crippen molar-refractivity contribution in [2.45, 2.75) is 25.8 Å². The second kappa shape index (κ2) is 14.0. The monoisotopic (exact) mass is 490 g/mol. The Hall–Kier alpha value is -1.06. The van der Waals surface area contributed by atoms with Crippen LogP contribution in [0.4, 0.5) is 0 Å². The smallest absolute Gasteiger partial charge is 0.193 e. The number of methoxy groups -OCH3 is 1. The lowest BCUT2D eigenvalue weighted by atomic mass is 10.2. The zero-order valence-corrected chi connectivity index (χ0v) is 19.2. The molecule has 154 valence electrons. The zero-order valence-electron chi connectivity index (χ0n) is 16.9. The maximum absolute atomic E-state index is 5.80. The number of benzene rings is 1. The highest BCUT2D eigenvalue weighted by Gasteiger charge is 2.23. The quantitative estimate of drug-likeness (QED) is 0.311. The molecule has 0 amide bonds. The number of ether oxygens (including phenoxy) is 2. The van der Waals surface area contributed by atoms with Gasteiger partial charge in [-0.25, -0.2) is 0 Å². The summed E-state index contributed by atoms with van der Waals surface area (Å²) in [6, 6.07) is 10.5. The number of halogens is 1. The van der Waals surface area contributed by atoms with Gasteiger partial charge in [0.25, 0.3) is 0 Å². The van der Waals surface area contributed by atoms with Crippen LogP contribution in [0.25, 0.3) is 0 Å². The second-order valence-electron chi connectivity index (χ2n) is 6.60. The molecule has 0 spiro atoms. The molecule has 1 aliphatic heterocycles. The van der Waals surface area contributed by atoms with Crippen molar-refractivity contribution in [3.05, 3.63) is 30.3 Å². The van der Waals surface area contributed by atoms with Gasteiger partial charge in [-0.3, -0.25) is 9.89 Å². The number of nitrogens with one attached hydrogen (secondary N) is 1. The van der Waals surface area contributed by atoms with Gasteiger partial charge in [0, 0.05) is 33.3 Å². The van der Waals surface area contributed by atoms with E-state index in [1.165, 1.54) is 12.8 Å². The van der Waals surface area contributed by atoms with Gasteiger partial charge in [0.15, 0.2) is 5.96 Å². The van der Waals surface area contributed by atoms with Crippen LogP contribution in [0.3, 0.4) is 0 Å².